The minimum absolute atomic E-state index is 0.401. The second-order valence-electron chi connectivity index (χ2n) is 3.19. The van der Waals surface area contributed by atoms with Crippen molar-refractivity contribution in [2.24, 2.45) is 0 Å². The van der Waals surface area contributed by atoms with Crippen LogP contribution in [0.4, 0.5) is 0 Å². The van der Waals surface area contributed by atoms with Gasteiger partial charge in [-0.15, -0.1) is 0 Å². The van der Waals surface area contributed by atoms with E-state index in [0.717, 1.165) is 19.0 Å². The fourth-order valence-electron chi connectivity index (χ4n) is 1.53. The van der Waals surface area contributed by atoms with Gasteiger partial charge in [-0.05, 0) is 24.3 Å². The summed E-state index contributed by atoms with van der Waals surface area (Å²) in [5, 5.41) is 0. The third kappa shape index (κ3) is 2.22. The highest BCUT2D eigenvalue weighted by Crippen LogP contribution is 2.20. The molecule has 2 rings (SSSR count). The molecular weight excluding hydrogens is 196 g/mol. The van der Waals surface area contributed by atoms with Crippen LogP contribution < -0.4 is 4.74 Å². The lowest BCUT2D eigenvalue weighted by Crippen LogP contribution is -2.26. The topological polar surface area (TPSA) is 18.5 Å². The fraction of sp³-hybridized carbons (Fsp3) is 0.455. The van der Waals surface area contributed by atoms with Crippen molar-refractivity contribution in [1.29, 1.82) is 0 Å². The lowest BCUT2D eigenvalue weighted by molar-refractivity contribution is 0.159. The van der Waals surface area contributed by atoms with Gasteiger partial charge in [0.25, 0.3) is 0 Å². The highest BCUT2D eigenvalue weighted by molar-refractivity contribution is 7.97. The summed E-state index contributed by atoms with van der Waals surface area (Å²) in [4.78, 5) is 1.44. The molecule has 1 aromatic rings. The summed E-state index contributed by atoms with van der Waals surface area (Å²) in [5.74, 6) is 3.28. The number of hydrogen-bond donors (Lipinski definition) is 0. The summed E-state index contributed by atoms with van der Waals surface area (Å²) in [6, 6.07) is 8.43. The summed E-state index contributed by atoms with van der Waals surface area (Å²) in [7, 11) is 2.10. The predicted molar refractivity (Wildman–Crippen MR) is 59.2 cm³/mol. The number of methoxy groups -OCH3 is 1. The first kappa shape index (κ1) is 9.87. The van der Waals surface area contributed by atoms with Gasteiger partial charge in [-0.1, -0.05) is 0 Å². The van der Waals surface area contributed by atoms with Gasteiger partial charge in [0.05, 0.1) is 20.3 Å². The first-order valence-corrected chi connectivity index (χ1v) is 6.36. The van der Waals surface area contributed by atoms with Crippen LogP contribution in [-0.2, 0) is 15.6 Å². The Morgan fingerprint density at radius 1 is 1.14 bits per heavy atom. The normalized spacial score (nSPS) is 18.1. The third-order valence-electron chi connectivity index (χ3n) is 2.34. The molecule has 76 valence electrons. The van der Waals surface area contributed by atoms with Gasteiger partial charge in [-0.3, -0.25) is 0 Å². The second-order valence-corrected chi connectivity index (χ2v) is 5.46. The van der Waals surface area contributed by atoms with E-state index in [0.29, 0.717) is 10.9 Å². The maximum absolute atomic E-state index is 5.35. The molecule has 0 N–H and O–H groups in total. The van der Waals surface area contributed by atoms with Gasteiger partial charge < -0.3 is 9.47 Å². The zero-order valence-corrected chi connectivity index (χ0v) is 9.18. The molecular formula is C11H15O2S+. The maximum Gasteiger partial charge on any atom is 0.155 e. The number of rotatable bonds is 2. The van der Waals surface area contributed by atoms with E-state index in [1.54, 1.807) is 7.11 Å². The molecule has 3 heteroatoms. The summed E-state index contributed by atoms with van der Waals surface area (Å²) in [6.45, 7) is 1.82. The first-order chi connectivity index (χ1) is 6.90. The molecule has 1 aromatic carbocycles. The molecule has 1 aliphatic rings. The van der Waals surface area contributed by atoms with Crippen LogP contribution in [0.5, 0.6) is 5.75 Å². The summed E-state index contributed by atoms with van der Waals surface area (Å²) in [6.07, 6.45) is 0. The monoisotopic (exact) mass is 211 g/mol. The third-order valence-corrected chi connectivity index (χ3v) is 4.60. The van der Waals surface area contributed by atoms with Gasteiger partial charge in [0.1, 0.15) is 17.3 Å². The van der Waals surface area contributed by atoms with E-state index in [1.165, 1.54) is 16.4 Å². The average Bonchev–Trinajstić information content (AvgIpc) is 2.30. The molecule has 0 aromatic heterocycles. The summed E-state index contributed by atoms with van der Waals surface area (Å²) in [5.41, 5.74) is 0. The largest absolute Gasteiger partial charge is 0.497 e. The van der Waals surface area contributed by atoms with Gasteiger partial charge in [-0.25, -0.2) is 0 Å². The van der Waals surface area contributed by atoms with Crippen LogP contribution >= 0.6 is 0 Å². The van der Waals surface area contributed by atoms with E-state index in [2.05, 4.69) is 12.1 Å². The standard InChI is InChI=1S/C11H15O2S/c1-12-10-2-4-11(5-3-10)14-8-6-13-7-9-14/h2-5H,6-9H2,1H3/q+1. The molecule has 2 nitrogen and oxygen atoms in total. The number of hydrogen-bond acceptors (Lipinski definition) is 2. The molecule has 0 radical (unpaired) electrons. The van der Waals surface area contributed by atoms with Crippen LogP contribution in [0, 0.1) is 0 Å². The Balaban J connectivity index is 2.07. The molecule has 14 heavy (non-hydrogen) atoms. The smallest absolute Gasteiger partial charge is 0.155 e. The number of ether oxygens (including phenoxy) is 2. The fourth-order valence-corrected chi connectivity index (χ4v) is 3.36. The van der Waals surface area contributed by atoms with E-state index < -0.39 is 0 Å². The van der Waals surface area contributed by atoms with Crippen molar-refractivity contribution >= 4 is 10.9 Å². The van der Waals surface area contributed by atoms with Crippen LogP contribution in [0.2, 0.25) is 0 Å². The predicted octanol–water partition coefficient (Wildman–Crippen LogP) is 1.70. The van der Waals surface area contributed by atoms with Gasteiger partial charge in [-0.2, -0.15) is 0 Å². The SMILES string of the molecule is COc1ccc([S+]2CCOCC2)cc1. The quantitative estimate of drug-likeness (QED) is 0.693. The van der Waals surface area contributed by atoms with E-state index in [-0.39, 0.29) is 0 Å². The Bertz CT molecular complexity index is 278. The van der Waals surface area contributed by atoms with Crippen LogP contribution in [0.3, 0.4) is 0 Å². The Morgan fingerprint density at radius 2 is 1.79 bits per heavy atom. The Morgan fingerprint density at radius 3 is 2.36 bits per heavy atom. The lowest BCUT2D eigenvalue weighted by atomic mass is 10.3. The Hall–Kier alpha value is -0.670. The molecule has 0 aliphatic carbocycles. The van der Waals surface area contributed by atoms with E-state index in [1.807, 2.05) is 12.1 Å². The first-order valence-electron chi connectivity index (χ1n) is 4.79. The van der Waals surface area contributed by atoms with Crippen molar-refractivity contribution in [2.45, 2.75) is 4.90 Å². The Kier molecular flexibility index (Phi) is 3.32. The van der Waals surface area contributed by atoms with Crippen LogP contribution in [-0.4, -0.2) is 31.8 Å². The Labute approximate surface area is 87.6 Å². The van der Waals surface area contributed by atoms with Crippen molar-refractivity contribution < 1.29 is 9.47 Å². The molecule has 0 spiro atoms. The van der Waals surface area contributed by atoms with Gasteiger partial charge in [0.2, 0.25) is 0 Å². The van der Waals surface area contributed by atoms with E-state index >= 15 is 0 Å². The van der Waals surface area contributed by atoms with Crippen molar-refractivity contribution in [1.82, 2.24) is 0 Å². The van der Waals surface area contributed by atoms with Crippen LogP contribution in [0.15, 0.2) is 29.2 Å². The second kappa shape index (κ2) is 4.71. The van der Waals surface area contributed by atoms with Gasteiger partial charge in [0.15, 0.2) is 4.90 Å². The van der Waals surface area contributed by atoms with Crippen molar-refractivity contribution in [3.63, 3.8) is 0 Å². The molecule has 1 aliphatic heterocycles. The molecule has 1 saturated heterocycles. The molecule has 1 heterocycles. The van der Waals surface area contributed by atoms with Crippen molar-refractivity contribution in [3.05, 3.63) is 24.3 Å². The highest BCUT2D eigenvalue weighted by Gasteiger charge is 2.24. The zero-order chi connectivity index (χ0) is 9.80. The molecule has 0 saturated carbocycles. The lowest BCUT2D eigenvalue weighted by Gasteiger charge is -2.14. The van der Waals surface area contributed by atoms with Crippen molar-refractivity contribution in [3.8, 4) is 5.75 Å². The molecule has 0 atom stereocenters. The van der Waals surface area contributed by atoms with E-state index in [9.17, 15) is 0 Å². The minimum Gasteiger partial charge on any atom is -0.497 e. The summed E-state index contributed by atoms with van der Waals surface area (Å²) < 4.78 is 10.5. The molecule has 0 amide bonds. The van der Waals surface area contributed by atoms with Crippen LogP contribution in [0.1, 0.15) is 0 Å². The highest BCUT2D eigenvalue weighted by atomic mass is 32.2. The number of benzene rings is 1. The summed E-state index contributed by atoms with van der Waals surface area (Å²) >= 11 is 0. The van der Waals surface area contributed by atoms with Crippen molar-refractivity contribution in [2.75, 3.05) is 31.8 Å². The zero-order valence-electron chi connectivity index (χ0n) is 8.36. The average molecular weight is 211 g/mol. The minimum atomic E-state index is 0.401. The van der Waals surface area contributed by atoms with Gasteiger partial charge in [0, 0.05) is 10.9 Å². The molecule has 0 bridgehead atoms. The van der Waals surface area contributed by atoms with Gasteiger partial charge >= 0.3 is 0 Å². The molecule has 1 fully saturated rings. The van der Waals surface area contributed by atoms with Crippen LogP contribution in [0.25, 0.3) is 0 Å². The molecule has 0 unspecified atom stereocenters. The maximum atomic E-state index is 5.35. The van der Waals surface area contributed by atoms with E-state index in [4.69, 9.17) is 9.47 Å².